The molecule has 5 nitrogen and oxygen atoms in total. The number of aromatic nitrogens is 1. The van der Waals surface area contributed by atoms with Crippen LogP contribution in [-0.4, -0.2) is 36.4 Å². The molecule has 0 bridgehead atoms. The summed E-state index contributed by atoms with van der Waals surface area (Å²) in [5, 5.41) is 4.09. The molecular formula is C20H19N3O2S. The van der Waals surface area contributed by atoms with Crippen molar-refractivity contribution in [1.82, 2.24) is 15.2 Å². The minimum atomic E-state index is -0.0942. The second kappa shape index (κ2) is 6.90. The summed E-state index contributed by atoms with van der Waals surface area (Å²) >= 11 is 1.53. The van der Waals surface area contributed by atoms with Crippen molar-refractivity contribution in [1.29, 1.82) is 0 Å². The Balaban J connectivity index is 1.52. The first-order chi connectivity index (χ1) is 12.6. The van der Waals surface area contributed by atoms with Crippen molar-refractivity contribution < 1.29 is 9.21 Å². The van der Waals surface area contributed by atoms with Crippen LogP contribution in [0.5, 0.6) is 0 Å². The van der Waals surface area contributed by atoms with Crippen LogP contribution in [0.15, 0.2) is 58.5 Å². The van der Waals surface area contributed by atoms with Crippen LogP contribution in [0, 0.1) is 0 Å². The number of furan rings is 1. The number of amides is 1. The van der Waals surface area contributed by atoms with Crippen molar-refractivity contribution >= 4 is 38.4 Å². The first kappa shape index (κ1) is 16.8. The monoisotopic (exact) mass is 365 g/mol. The maximum atomic E-state index is 12.6. The second-order valence-electron chi connectivity index (χ2n) is 6.41. The van der Waals surface area contributed by atoms with Crippen LogP contribution < -0.4 is 5.32 Å². The van der Waals surface area contributed by atoms with Crippen LogP contribution in [0.2, 0.25) is 0 Å². The summed E-state index contributed by atoms with van der Waals surface area (Å²) in [4.78, 5) is 18.9. The highest BCUT2D eigenvalue weighted by Crippen LogP contribution is 2.26. The molecule has 1 atom stereocenters. The van der Waals surface area contributed by atoms with Crippen LogP contribution in [0.25, 0.3) is 21.2 Å². The smallest absolute Gasteiger partial charge is 0.251 e. The zero-order valence-electron chi connectivity index (χ0n) is 14.6. The summed E-state index contributed by atoms with van der Waals surface area (Å²) in [6, 6.07) is 15.5. The zero-order valence-corrected chi connectivity index (χ0v) is 15.4. The minimum absolute atomic E-state index is 0.0431. The van der Waals surface area contributed by atoms with Gasteiger partial charge in [-0.3, -0.25) is 9.69 Å². The Morgan fingerprint density at radius 3 is 2.88 bits per heavy atom. The number of carbonyl (C=O) groups is 1. The summed E-state index contributed by atoms with van der Waals surface area (Å²) in [5.41, 5.74) is 4.20. The maximum Gasteiger partial charge on any atom is 0.251 e. The molecule has 0 fully saturated rings. The fraction of sp³-hybridized carbons (Fsp3) is 0.200. The van der Waals surface area contributed by atoms with Crippen molar-refractivity contribution in [3.8, 4) is 0 Å². The Morgan fingerprint density at radius 2 is 2.08 bits per heavy atom. The van der Waals surface area contributed by atoms with Crippen molar-refractivity contribution in [3.05, 3.63) is 65.4 Å². The van der Waals surface area contributed by atoms with E-state index in [9.17, 15) is 4.79 Å². The predicted octanol–water partition coefficient (Wildman–Crippen LogP) is 4.08. The van der Waals surface area contributed by atoms with Crippen molar-refractivity contribution in [2.45, 2.75) is 6.04 Å². The van der Waals surface area contributed by atoms with E-state index in [-0.39, 0.29) is 11.9 Å². The Bertz CT molecular complexity index is 1030. The van der Waals surface area contributed by atoms with Gasteiger partial charge in [0.05, 0.1) is 21.8 Å². The molecule has 132 valence electrons. The van der Waals surface area contributed by atoms with Crippen molar-refractivity contribution in [2.24, 2.45) is 0 Å². The molecule has 0 aliphatic carbocycles. The van der Waals surface area contributed by atoms with E-state index in [0.717, 1.165) is 26.9 Å². The second-order valence-corrected chi connectivity index (χ2v) is 7.30. The number of fused-ring (bicyclic) bond motifs is 2. The van der Waals surface area contributed by atoms with Gasteiger partial charge in [0.2, 0.25) is 0 Å². The molecule has 2 aromatic heterocycles. The topological polar surface area (TPSA) is 58.4 Å². The molecule has 2 heterocycles. The quantitative estimate of drug-likeness (QED) is 0.579. The lowest BCUT2D eigenvalue weighted by Crippen LogP contribution is -2.34. The minimum Gasteiger partial charge on any atom is -0.459 e. The van der Waals surface area contributed by atoms with Gasteiger partial charge in [-0.05, 0) is 44.4 Å². The van der Waals surface area contributed by atoms with E-state index in [1.54, 1.807) is 5.51 Å². The average molecular weight is 365 g/mol. The molecular weight excluding hydrogens is 346 g/mol. The molecule has 2 aromatic carbocycles. The number of nitrogens with zero attached hydrogens (tertiary/aromatic N) is 2. The normalized spacial score (nSPS) is 12.7. The molecule has 1 amide bonds. The molecule has 4 rings (SSSR count). The molecule has 0 radical (unpaired) electrons. The van der Waals surface area contributed by atoms with Crippen LogP contribution >= 0.6 is 11.3 Å². The van der Waals surface area contributed by atoms with E-state index < -0.39 is 0 Å². The molecule has 0 spiro atoms. The van der Waals surface area contributed by atoms with E-state index in [2.05, 4.69) is 10.3 Å². The van der Waals surface area contributed by atoms with Gasteiger partial charge in [0.25, 0.3) is 5.91 Å². The maximum absolute atomic E-state index is 12.6. The Kier molecular flexibility index (Phi) is 4.44. The molecule has 1 N–H and O–H groups in total. The molecule has 0 aliphatic rings. The summed E-state index contributed by atoms with van der Waals surface area (Å²) in [6.45, 7) is 0.465. The molecule has 4 aromatic rings. The van der Waals surface area contributed by atoms with Gasteiger partial charge in [-0.15, -0.1) is 11.3 Å². The van der Waals surface area contributed by atoms with Gasteiger partial charge in [0.1, 0.15) is 11.3 Å². The lowest BCUT2D eigenvalue weighted by atomic mass is 10.1. The van der Waals surface area contributed by atoms with Gasteiger partial charge in [-0.2, -0.15) is 0 Å². The molecule has 0 aliphatic heterocycles. The Hall–Kier alpha value is -2.70. The number of thiazole rings is 1. The fourth-order valence-corrected chi connectivity index (χ4v) is 3.71. The van der Waals surface area contributed by atoms with Gasteiger partial charge in [-0.25, -0.2) is 4.98 Å². The summed E-state index contributed by atoms with van der Waals surface area (Å²) in [7, 11) is 3.96. The number of hydrogen-bond donors (Lipinski definition) is 1. The lowest BCUT2D eigenvalue weighted by molar-refractivity contribution is 0.0939. The lowest BCUT2D eigenvalue weighted by Gasteiger charge is -2.22. The molecule has 6 heteroatoms. The number of para-hydroxylation sites is 1. The Morgan fingerprint density at radius 1 is 1.23 bits per heavy atom. The standard InChI is InChI=1S/C20H19N3O2S/c1-23(2)16(18-9-13-5-3-4-6-17(13)25-18)11-21-20(24)14-7-8-15-19(10-14)26-12-22-15/h3-10,12,16H,11H2,1-2H3,(H,21,24). The first-order valence-electron chi connectivity index (χ1n) is 8.38. The van der Waals surface area contributed by atoms with E-state index in [1.807, 2.05) is 67.5 Å². The first-order valence-corrected chi connectivity index (χ1v) is 9.26. The average Bonchev–Trinajstić information content (AvgIpc) is 3.27. The number of benzene rings is 2. The Labute approximate surface area is 155 Å². The van der Waals surface area contributed by atoms with E-state index in [0.29, 0.717) is 12.1 Å². The predicted molar refractivity (Wildman–Crippen MR) is 105 cm³/mol. The van der Waals surface area contributed by atoms with Gasteiger partial charge >= 0.3 is 0 Å². The number of likely N-dealkylation sites (N-methyl/N-ethyl adjacent to an activating group) is 1. The highest BCUT2D eigenvalue weighted by atomic mass is 32.1. The fourth-order valence-electron chi connectivity index (χ4n) is 2.99. The van der Waals surface area contributed by atoms with Gasteiger partial charge in [0.15, 0.2) is 0 Å². The van der Waals surface area contributed by atoms with Crippen LogP contribution in [-0.2, 0) is 0 Å². The summed E-state index contributed by atoms with van der Waals surface area (Å²) in [6.07, 6.45) is 0. The highest BCUT2D eigenvalue weighted by Gasteiger charge is 2.20. The number of hydrogen-bond acceptors (Lipinski definition) is 5. The van der Waals surface area contributed by atoms with Crippen molar-refractivity contribution in [2.75, 3.05) is 20.6 Å². The largest absolute Gasteiger partial charge is 0.459 e. The number of carbonyl (C=O) groups excluding carboxylic acids is 1. The zero-order chi connectivity index (χ0) is 18.1. The number of rotatable bonds is 5. The third kappa shape index (κ3) is 3.21. The molecule has 0 saturated carbocycles. The van der Waals surface area contributed by atoms with Crippen LogP contribution in [0.4, 0.5) is 0 Å². The van der Waals surface area contributed by atoms with Crippen LogP contribution in [0.3, 0.4) is 0 Å². The molecule has 0 saturated heterocycles. The van der Waals surface area contributed by atoms with Gasteiger partial charge in [-0.1, -0.05) is 18.2 Å². The SMILES string of the molecule is CN(C)C(CNC(=O)c1ccc2ncsc2c1)c1cc2ccccc2o1. The molecule has 26 heavy (non-hydrogen) atoms. The molecule has 1 unspecified atom stereocenters. The van der Waals surface area contributed by atoms with E-state index in [4.69, 9.17) is 4.42 Å². The van der Waals surface area contributed by atoms with Crippen LogP contribution in [0.1, 0.15) is 22.2 Å². The van der Waals surface area contributed by atoms with E-state index >= 15 is 0 Å². The third-order valence-corrected chi connectivity index (χ3v) is 5.24. The van der Waals surface area contributed by atoms with Gasteiger partial charge in [0, 0.05) is 17.5 Å². The number of nitrogens with one attached hydrogen (secondary N) is 1. The summed E-state index contributed by atoms with van der Waals surface area (Å²) in [5.74, 6) is 0.748. The van der Waals surface area contributed by atoms with Crippen molar-refractivity contribution in [3.63, 3.8) is 0 Å². The van der Waals surface area contributed by atoms with Gasteiger partial charge < -0.3 is 9.73 Å². The highest BCUT2D eigenvalue weighted by molar-refractivity contribution is 7.16. The van der Waals surface area contributed by atoms with E-state index in [1.165, 1.54) is 11.3 Å². The third-order valence-electron chi connectivity index (χ3n) is 4.45. The summed E-state index contributed by atoms with van der Waals surface area (Å²) < 4.78 is 6.99.